The molecule has 0 saturated heterocycles. The highest BCUT2D eigenvalue weighted by Crippen LogP contribution is 2.35. The Hall–Kier alpha value is -2.23. The number of aromatic nitrogens is 4. The molecule has 1 atom stereocenters. The van der Waals surface area contributed by atoms with Crippen molar-refractivity contribution in [3.05, 3.63) is 18.3 Å². The normalized spacial score (nSPS) is 14.9. The Labute approximate surface area is 111 Å². The maximum absolute atomic E-state index is 12.8. The summed E-state index contributed by atoms with van der Waals surface area (Å²) in [6.07, 6.45) is -3.56. The third-order valence-corrected chi connectivity index (χ3v) is 2.54. The SMILES string of the molecule is COc1cc(-c2noc(C(C)(N)C(F)(F)F)n2)ncn1. The highest BCUT2D eigenvalue weighted by Gasteiger charge is 2.53. The lowest BCUT2D eigenvalue weighted by Crippen LogP contribution is -2.47. The van der Waals surface area contributed by atoms with Crippen LogP contribution in [0.4, 0.5) is 13.2 Å². The molecule has 0 aliphatic rings. The number of hydrogen-bond donors (Lipinski definition) is 1. The van der Waals surface area contributed by atoms with Crippen LogP contribution in [0.5, 0.6) is 5.88 Å². The number of ether oxygens (including phenoxy) is 1. The zero-order chi connectivity index (χ0) is 15.0. The molecule has 0 aliphatic carbocycles. The minimum atomic E-state index is -4.72. The van der Waals surface area contributed by atoms with Crippen molar-refractivity contribution >= 4 is 0 Å². The van der Waals surface area contributed by atoms with E-state index in [-0.39, 0.29) is 17.4 Å². The Bertz CT molecular complexity index is 611. The van der Waals surface area contributed by atoms with E-state index in [1.807, 2.05) is 0 Å². The van der Waals surface area contributed by atoms with Gasteiger partial charge in [-0.25, -0.2) is 9.97 Å². The molecular formula is C10H10F3N5O2. The smallest absolute Gasteiger partial charge is 0.415 e. The van der Waals surface area contributed by atoms with Gasteiger partial charge in [-0.1, -0.05) is 5.16 Å². The topological polar surface area (TPSA) is 100.0 Å². The summed E-state index contributed by atoms with van der Waals surface area (Å²) in [5, 5.41) is 3.43. The quantitative estimate of drug-likeness (QED) is 0.908. The lowest BCUT2D eigenvalue weighted by atomic mass is 10.0. The van der Waals surface area contributed by atoms with Gasteiger partial charge in [0.1, 0.15) is 12.0 Å². The Morgan fingerprint density at radius 2 is 2.00 bits per heavy atom. The van der Waals surface area contributed by atoms with Crippen LogP contribution in [0.3, 0.4) is 0 Å². The first kappa shape index (κ1) is 14.2. The van der Waals surface area contributed by atoms with Crippen molar-refractivity contribution in [3.63, 3.8) is 0 Å². The Morgan fingerprint density at radius 1 is 1.30 bits per heavy atom. The number of nitrogens with two attached hydrogens (primary N) is 1. The first-order valence-corrected chi connectivity index (χ1v) is 5.32. The third-order valence-electron chi connectivity index (χ3n) is 2.54. The van der Waals surface area contributed by atoms with Crippen LogP contribution in [-0.4, -0.2) is 33.4 Å². The van der Waals surface area contributed by atoms with Gasteiger partial charge in [0, 0.05) is 6.07 Å². The molecule has 0 saturated carbocycles. The molecule has 20 heavy (non-hydrogen) atoms. The standard InChI is InChI=1S/C10H10F3N5O2/c1-9(14,10(11,12)13)8-17-7(18-20-8)5-3-6(19-2)16-4-15-5/h3-4H,14H2,1-2H3. The fourth-order valence-corrected chi connectivity index (χ4v) is 1.23. The van der Waals surface area contributed by atoms with E-state index >= 15 is 0 Å². The van der Waals surface area contributed by atoms with Crippen molar-refractivity contribution in [1.82, 2.24) is 20.1 Å². The molecule has 0 radical (unpaired) electrons. The zero-order valence-electron chi connectivity index (χ0n) is 10.5. The highest BCUT2D eigenvalue weighted by atomic mass is 19.4. The summed E-state index contributed by atoms with van der Waals surface area (Å²) >= 11 is 0. The first-order chi connectivity index (χ1) is 9.25. The van der Waals surface area contributed by atoms with E-state index in [9.17, 15) is 13.2 Å². The van der Waals surface area contributed by atoms with E-state index < -0.39 is 17.6 Å². The number of halogens is 3. The van der Waals surface area contributed by atoms with Gasteiger partial charge in [-0.3, -0.25) is 0 Å². The van der Waals surface area contributed by atoms with Crippen molar-refractivity contribution < 1.29 is 22.4 Å². The van der Waals surface area contributed by atoms with Crippen LogP contribution in [-0.2, 0) is 5.54 Å². The van der Waals surface area contributed by atoms with Crippen LogP contribution < -0.4 is 10.5 Å². The average Bonchev–Trinajstić information content (AvgIpc) is 2.87. The van der Waals surface area contributed by atoms with E-state index in [0.29, 0.717) is 0 Å². The first-order valence-electron chi connectivity index (χ1n) is 5.32. The summed E-state index contributed by atoms with van der Waals surface area (Å²) in [4.78, 5) is 11.2. The number of alkyl halides is 3. The van der Waals surface area contributed by atoms with Gasteiger partial charge in [-0.2, -0.15) is 18.2 Å². The molecule has 2 rings (SSSR count). The van der Waals surface area contributed by atoms with Gasteiger partial charge < -0.3 is 15.0 Å². The fraction of sp³-hybridized carbons (Fsp3) is 0.400. The van der Waals surface area contributed by atoms with Gasteiger partial charge in [0.2, 0.25) is 11.7 Å². The molecule has 10 heteroatoms. The van der Waals surface area contributed by atoms with Crippen molar-refractivity contribution in [1.29, 1.82) is 0 Å². The molecule has 0 amide bonds. The molecule has 7 nitrogen and oxygen atoms in total. The maximum Gasteiger partial charge on any atom is 0.415 e. The minimum Gasteiger partial charge on any atom is -0.481 e. The zero-order valence-corrected chi connectivity index (χ0v) is 10.5. The van der Waals surface area contributed by atoms with E-state index in [0.717, 1.165) is 13.3 Å². The monoisotopic (exact) mass is 289 g/mol. The van der Waals surface area contributed by atoms with Gasteiger partial charge in [0.15, 0.2) is 5.54 Å². The summed E-state index contributed by atoms with van der Waals surface area (Å²) < 4.78 is 47.7. The van der Waals surface area contributed by atoms with Crippen molar-refractivity contribution in [2.24, 2.45) is 5.73 Å². The van der Waals surface area contributed by atoms with Crippen molar-refractivity contribution in [2.45, 2.75) is 18.6 Å². The van der Waals surface area contributed by atoms with E-state index in [4.69, 9.17) is 10.5 Å². The van der Waals surface area contributed by atoms with Gasteiger partial charge in [0.05, 0.1) is 7.11 Å². The Balaban J connectivity index is 2.38. The average molecular weight is 289 g/mol. The van der Waals surface area contributed by atoms with Gasteiger partial charge >= 0.3 is 6.18 Å². The lowest BCUT2D eigenvalue weighted by molar-refractivity contribution is -0.190. The molecule has 1 unspecified atom stereocenters. The highest BCUT2D eigenvalue weighted by molar-refractivity contribution is 5.49. The second-order valence-electron chi connectivity index (χ2n) is 4.07. The number of rotatable bonds is 3. The van der Waals surface area contributed by atoms with Gasteiger partial charge in [-0.15, -0.1) is 0 Å². The Morgan fingerprint density at radius 3 is 2.60 bits per heavy atom. The Kier molecular flexibility index (Phi) is 3.34. The molecular weight excluding hydrogens is 279 g/mol. The molecule has 2 N–H and O–H groups in total. The van der Waals surface area contributed by atoms with E-state index in [1.54, 1.807) is 0 Å². The molecule has 0 fully saturated rings. The molecule has 0 aliphatic heterocycles. The number of nitrogens with zero attached hydrogens (tertiary/aromatic N) is 4. The summed E-state index contributed by atoms with van der Waals surface area (Å²) in [5.41, 5.74) is 2.60. The maximum atomic E-state index is 12.8. The number of hydrogen-bond acceptors (Lipinski definition) is 7. The van der Waals surface area contributed by atoms with Crippen LogP contribution in [0, 0.1) is 0 Å². The second-order valence-corrected chi connectivity index (χ2v) is 4.07. The molecule has 0 aromatic carbocycles. The van der Waals surface area contributed by atoms with Crippen molar-refractivity contribution in [2.75, 3.05) is 7.11 Å². The van der Waals surface area contributed by atoms with Crippen LogP contribution in [0.2, 0.25) is 0 Å². The lowest BCUT2D eigenvalue weighted by Gasteiger charge is -2.22. The van der Waals surface area contributed by atoms with Gasteiger partial charge in [-0.05, 0) is 6.92 Å². The summed E-state index contributed by atoms with van der Waals surface area (Å²) in [7, 11) is 1.38. The summed E-state index contributed by atoms with van der Waals surface area (Å²) in [6, 6.07) is 1.36. The molecule has 2 aromatic heterocycles. The van der Waals surface area contributed by atoms with Crippen LogP contribution in [0.25, 0.3) is 11.5 Å². The molecule has 108 valence electrons. The van der Waals surface area contributed by atoms with Crippen LogP contribution >= 0.6 is 0 Å². The predicted octanol–water partition coefficient (Wildman–Crippen LogP) is 1.27. The van der Waals surface area contributed by atoms with Crippen LogP contribution in [0.1, 0.15) is 12.8 Å². The summed E-state index contributed by atoms with van der Waals surface area (Å²) in [5.74, 6) is -0.674. The number of methoxy groups -OCH3 is 1. The molecule has 2 aromatic rings. The molecule has 0 spiro atoms. The van der Waals surface area contributed by atoms with Gasteiger partial charge in [0.25, 0.3) is 5.89 Å². The summed E-state index contributed by atoms with van der Waals surface area (Å²) in [6.45, 7) is 0.741. The molecule has 0 bridgehead atoms. The predicted molar refractivity (Wildman–Crippen MR) is 59.5 cm³/mol. The third kappa shape index (κ3) is 2.41. The minimum absolute atomic E-state index is 0.137. The molecule has 2 heterocycles. The van der Waals surface area contributed by atoms with Crippen LogP contribution in [0.15, 0.2) is 16.9 Å². The fourth-order valence-electron chi connectivity index (χ4n) is 1.23. The van der Waals surface area contributed by atoms with E-state index in [1.165, 1.54) is 13.2 Å². The second kappa shape index (κ2) is 4.71. The van der Waals surface area contributed by atoms with Crippen molar-refractivity contribution in [3.8, 4) is 17.4 Å². The van der Waals surface area contributed by atoms with E-state index in [2.05, 4.69) is 24.6 Å². The largest absolute Gasteiger partial charge is 0.481 e.